The van der Waals surface area contributed by atoms with Crippen LogP contribution in [0.1, 0.15) is 23.1 Å². The molecular formula is C21H28N2O3. The first-order chi connectivity index (χ1) is 12.6. The number of methoxy groups -OCH3 is 1. The Morgan fingerprint density at radius 2 is 1.92 bits per heavy atom. The molecule has 0 aromatic heterocycles. The second-order valence-electron chi connectivity index (χ2n) is 6.32. The largest absolute Gasteiger partial charge is 0.493 e. The van der Waals surface area contributed by atoms with E-state index in [0.29, 0.717) is 18.1 Å². The number of nitrogens with one attached hydrogen (secondary N) is 1. The van der Waals surface area contributed by atoms with Crippen LogP contribution >= 0.6 is 0 Å². The van der Waals surface area contributed by atoms with Gasteiger partial charge in [0.15, 0.2) is 11.5 Å². The van der Waals surface area contributed by atoms with E-state index >= 15 is 0 Å². The van der Waals surface area contributed by atoms with Gasteiger partial charge in [-0.15, -0.1) is 0 Å². The molecule has 2 aromatic rings. The number of carbonyl (C=O) groups is 1. The minimum atomic E-state index is -0.365. The van der Waals surface area contributed by atoms with Gasteiger partial charge in [0.25, 0.3) is 0 Å². The van der Waals surface area contributed by atoms with Crippen LogP contribution < -0.4 is 20.5 Å². The molecule has 0 heterocycles. The van der Waals surface area contributed by atoms with Gasteiger partial charge in [-0.1, -0.05) is 35.9 Å². The van der Waals surface area contributed by atoms with Crippen molar-refractivity contribution in [2.24, 2.45) is 5.73 Å². The summed E-state index contributed by atoms with van der Waals surface area (Å²) < 4.78 is 11.1. The molecule has 0 saturated heterocycles. The lowest BCUT2D eigenvalue weighted by Crippen LogP contribution is -2.22. The summed E-state index contributed by atoms with van der Waals surface area (Å²) in [7, 11) is 1.58. The SMILES string of the molecule is COc1cc(CC(N)=O)ccc1OCCNCCCc1cccc(C)c1. The number of aryl methyl sites for hydroxylation is 2. The van der Waals surface area contributed by atoms with Crippen molar-refractivity contribution in [2.45, 2.75) is 26.2 Å². The number of hydrogen-bond donors (Lipinski definition) is 2. The highest BCUT2D eigenvalue weighted by molar-refractivity contribution is 5.76. The molecule has 0 bridgehead atoms. The number of benzene rings is 2. The van der Waals surface area contributed by atoms with E-state index in [-0.39, 0.29) is 12.3 Å². The predicted octanol–water partition coefficient (Wildman–Crippen LogP) is 2.63. The quantitative estimate of drug-likeness (QED) is 0.607. The second-order valence-corrected chi connectivity index (χ2v) is 6.32. The lowest BCUT2D eigenvalue weighted by Gasteiger charge is -2.12. The van der Waals surface area contributed by atoms with Crippen LogP contribution in [-0.2, 0) is 17.6 Å². The van der Waals surface area contributed by atoms with Gasteiger partial charge in [-0.2, -0.15) is 0 Å². The molecule has 3 N–H and O–H groups in total. The van der Waals surface area contributed by atoms with Crippen molar-refractivity contribution in [3.63, 3.8) is 0 Å². The Morgan fingerprint density at radius 3 is 2.65 bits per heavy atom. The van der Waals surface area contributed by atoms with E-state index in [1.807, 2.05) is 12.1 Å². The fourth-order valence-corrected chi connectivity index (χ4v) is 2.79. The molecule has 0 radical (unpaired) electrons. The first-order valence-electron chi connectivity index (χ1n) is 8.93. The lowest BCUT2D eigenvalue weighted by molar-refractivity contribution is -0.117. The molecule has 0 unspecified atom stereocenters. The van der Waals surface area contributed by atoms with Gasteiger partial charge in [0.1, 0.15) is 6.61 Å². The summed E-state index contributed by atoms with van der Waals surface area (Å²) in [5.74, 6) is 0.918. The van der Waals surface area contributed by atoms with Gasteiger partial charge in [-0.25, -0.2) is 0 Å². The first-order valence-corrected chi connectivity index (χ1v) is 8.93. The van der Waals surface area contributed by atoms with Gasteiger partial charge in [0.2, 0.25) is 5.91 Å². The van der Waals surface area contributed by atoms with E-state index in [1.54, 1.807) is 13.2 Å². The van der Waals surface area contributed by atoms with Crippen LogP contribution in [0.3, 0.4) is 0 Å². The highest BCUT2D eigenvalue weighted by Crippen LogP contribution is 2.28. The Bertz CT molecular complexity index is 716. The number of hydrogen-bond acceptors (Lipinski definition) is 4. The highest BCUT2D eigenvalue weighted by atomic mass is 16.5. The van der Waals surface area contributed by atoms with Gasteiger partial charge >= 0.3 is 0 Å². The van der Waals surface area contributed by atoms with Gasteiger partial charge in [0.05, 0.1) is 13.5 Å². The zero-order valence-electron chi connectivity index (χ0n) is 15.6. The van der Waals surface area contributed by atoms with E-state index in [2.05, 4.69) is 36.5 Å². The number of ether oxygens (including phenoxy) is 2. The van der Waals surface area contributed by atoms with Crippen LogP contribution in [0.4, 0.5) is 0 Å². The summed E-state index contributed by atoms with van der Waals surface area (Å²) in [6.45, 7) is 4.38. The average molecular weight is 356 g/mol. The van der Waals surface area contributed by atoms with Crippen molar-refractivity contribution >= 4 is 5.91 Å². The number of amides is 1. The van der Waals surface area contributed by atoms with Gasteiger partial charge in [-0.05, 0) is 49.6 Å². The summed E-state index contributed by atoms with van der Waals surface area (Å²) in [6.07, 6.45) is 2.36. The van der Waals surface area contributed by atoms with E-state index in [4.69, 9.17) is 15.2 Å². The molecule has 26 heavy (non-hydrogen) atoms. The van der Waals surface area contributed by atoms with Crippen molar-refractivity contribution < 1.29 is 14.3 Å². The Kier molecular flexibility index (Phi) is 7.96. The number of carbonyl (C=O) groups excluding carboxylic acids is 1. The summed E-state index contributed by atoms with van der Waals surface area (Å²) in [4.78, 5) is 11.0. The predicted molar refractivity (Wildman–Crippen MR) is 104 cm³/mol. The molecule has 1 amide bonds. The maximum atomic E-state index is 11.0. The van der Waals surface area contributed by atoms with Gasteiger partial charge in [-0.3, -0.25) is 4.79 Å². The fourth-order valence-electron chi connectivity index (χ4n) is 2.79. The molecule has 0 saturated carbocycles. The second kappa shape index (κ2) is 10.5. The summed E-state index contributed by atoms with van der Waals surface area (Å²) >= 11 is 0. The average Bonchev–Trinajstić information content (AvgIpc) is 2.61. The third kappa shape index (κ3) is 6.76. The molecule has 0 aliphatic carbocycles. The van der Waals surface area contributed by atoms with Gasteiger partial charge in [0, 0.05) is 6.54 Å². The summed E-state index contributed by atoms with van der Waals surface area (Å²) in [6, 6.07) is 14.1. The van der Waals surface area contributed by atoms with Crippen molar-refractivity contribution in [3.8, 4) is 11.5 Å². The Morgan fingerprint density at radius 1 is 1.08 bits per heavy atom. The van der Waals surface area contributed by atoms with Crippen LogP contribution in [0.5, 0.6) is 11.5 Å². The van der Waals surface area contributed by atoms with Crippen molar-refractivity contribution in [3.05, 3.63) is 59.2 Å². The molecule has 0 fully saturated rings. The molecule has 140 valence electrons. The van der Waals surface area contributed by atoms with Gasteiger partial charge < -0.3 is 20.5 Å². The number of primary amides is 1. The van der Waals surface area contributed by atoms with Crippen LogP contribution in [0.25, 0.3) is 0 Å². The van der Waals surface area contributed by atoms with Crippen LogP contribution in [0.15, 0.2) is 42.5 Å². The maximum Gasteiger partial charge on any atom is 0.221 e. The Hall–Kier alpha value is -2.53. The minimum Gasteiger partial charge on any atom is -0.493 e. The van der Waals surface area contributed by atoms with Crippen molar-refractivity contribution in [1.29, 1.82) is 0 Å². The molecular weight excluding hydrogens is 328 g/mol. The molecule has 0 aliphatic rings. The van der Waals surface area contributed by atoms with E-state index in [9.17, 15) is 4.79 Å². The first kappa shape index (κ1) is 19.8. The van der Waals surface area contributed by atoms with E-state index in [1.165, 1.54) is 11.1 Å². The zero-order valence-corrected chi connectivity index (χ0v) is 15.6. The summed E-state index contributed by atoms with van der Waals surface area (Å²) in [5.41, 5.74) is 8.72. The third-order valence-corrected chi connectivity index (χ3v) is 4.04. The topological polar surface area (TPSA) is 73.6 Å². The highest BCUT2D eigenvalue weighted by Gasteiger charge is 2.07. The molecule has 2 rings (SSSR count). The monoisotopic (exact) mass is 356 g/mol. The van der Waals surface area contributed by atoms with Crippen LogP contribution in [0, 0.1) is 6.92 Å². The Labute approximate surface area is 155 Å². The van der Waals surface area contributed by atoms with Crippen molar-refractivity contribution in [1.82, 2.24) is 5.32 Å². The van der Waals surface area contributed by atoms with Crippen LogP contribution in [0.2, 0.25) is 0 Å². The molecule has 0 spiro atoms. The molecule has 0 aliphatic heterocycles. The molecule has 5 nitrogen and oxygen atoms in total. The number of nitrogens with two attached hydrogens (primary N) is 1. The maximum absolute atomic E-state index is 11.0. The standard InChI is InChI=1S/C21H28N2O3/c1-16-5-3-6-17(13-16)7-4-10-23-11-12-26-19-9-8-18(15-21(22)24)14-20(19)25-2/h3,5-6,8-9,13-14,23H,4,7,10-12,15H2,1-2H3,(H2,22,24). The number of rotatable bonds is 11. The lowest BCUT2D eigenvalue weighted by atomic mass is 10.1. The smallest absolute Gasteiger partial charge is 0.221 e. The normalized spacial score (nSPS) is 10.5. The summed E-state index contributed by atoms with van der Waals surface area (Å²) in [5, 5.41) is 3.39. The molecule has 5 heteroatoms. The fraction of sp³-hybridized carbons (Fsp3) is 0.381. The van der Waals surface area contributed by atoms with Crippen LogP contribution in [-0.4, -0.2) is 32.7 Å². The molecule has 0 atom stereocenters. The third-order valence-electron chi connectivity index (χ3n) is 4.04. The van der Waals surface area contributed by atoms with E-state index in [0.717, 1.165) is 31.5 Å². The zero-order chi connectivity index (χ0) is 18.8. The minimum absolute atomic E-state index is 0.194. The van der Waals surface area contributed by atoms with E-state index < -0.39 is 0 Å². The Balaban J connectivity index is 1.67. The van der Waals surface area contributed by atoms with Crippen molar-refractivity contribution in [2.75, 3.05) is 26.8 Å². The molecule has 2 aromatic carbocycles.